The van der Waals surface area contributed by atoms with Gasteiger partial charge >= 0.3 is 0 Å². The Kier molecular flexibility index (Phi) is 8.14. The van der Waals surface area contributed by atoms with E-state index in [0.29, 0.717) is 0 Å². The van der Waals surface area contributed by atoms with Gasteiger partial charge in [0.05, 0.1) is 0 Å². The molecule has 0 amide bonds. The van der Waals surface area contributed by atoms with Crippen LogP contribution in [0.25, 0.3) is 0 Å². The summed E-state index contributed by atoms with van der Waals surface area (Å²) in [5.41, 5.74) is 0. The lowest BCUT2D eigenvalue weighted by molar-refractivity contribution is 0.0310. The monoisotopic (exact) mass is 293 g/mol. The Labute approximate surface area is 133 Å². The van der Waals surface area contributed by atoms with Crippen LogP contribution in [0.2, 0.25) is 0 Å². The Morgan fingerprint density at radius 2 is 1.29 bits per heavy atom. The molecular weight excluding hydrogens is 254 g/mol. The first kappa shape index (κ1) is 17.3. The van der Waals surface area contributed by atoms with Gasteiger partial charge in [-0.15, -0.1) is 0 Å². The van der Waals surface area contributed by atoms with E-state index in [-0.39, 0.29) is 0 Å². The molecule has 0 aromatic heterocycles. The lowest BCUT2D eigenvalue weighted by Crippen LogP contribution is -2.50. The fourth-order valence-electron chi connectivity index (χ4n) is 4.85. The van der Waals surface area contributed by atoms with E-state index in [0.717, 1.165) is 18.1 Å². The molecule has 0 radical (unpaired) electrons. The molecule has 1 atom stereocenters. The molecule has 0 N–H and O–H groups in total. The van der Waals surface area contributed by atoms with E-state index >= 15 is 0 Å². The van der Waals surface area contributed by atoms with Gasteiger partial charge in [0.2, 0.25) is 0 Å². The number of hydrogen-bond donors (Lipinski definition) is 0. The zero-order valence-corrected chi connectivity index (χ0v) is 14.8. The maximum absolute atomic E-state index is 3.06. The van der Waals surface area contributed by atoms with Crippen LogP contribution < -0.4 is 0 Å². The molecule has 124 valence electrons. The molecule has 1 heteroatoms. The molecule has 2 saturated carbocycles. The predicted octanol–water partition coefficient (Wildman–Crippen LogP) is 6.31. The summed E-state index contributed by atoms with van der Waals surface area (Å²) in [6.45, 7) is 4.77. The fourth-order valence-corrected chi connectivity index (χ4v) is 4.85. The van der Waals surface area contributed by atoms with Gasteiger partial charge in [-0.05, 0) is 38.5 Å². The molecule has 21 heavy (non-hydrogen) atoms. The molecule has 0 heterocycles. The summed E-state index contributed by atoms with van der Waals surface area (Å²) in [5, 5.41) is 0. The first-order valence-corrected chi connectivity index (χ1v) is 10.1. The molecule has 2 aliphatic carbocycles. The summed E-state index contributed by atoms with van der Waals surface area (Å²) < 4.78 is 0. The van der Waals surface area contributed by atoms with Gasteiger partial charge in [-0.1, -0.05) is 71.6 Å². The van der Waals surface area contributed by atoms with Crippen LogP contribution in [-0.4, -0.2) is 23.0 Å². The van der Waals surface area contributed by atoms with Crippen molar-refractivity contribution in [1.82, 2.24) is 4.90 Å². The molecule has 2 rings (SSSR count). The summed E-state index contributed by atoms with van der Waals surface area (Å²) in [6.07, 6.45) is 21.9. The quantitative estimate of drug-likeness (QED) is 0.474. The minimum Gasteiger partial charge on any atom is -0.295 e. The summed E-state index contributed by atoms with van der Waals surface area (Å²) in [6, 6.07) is 2.73. The van der Waals surface area contributed by atoms with Crippen LogP contribution in [0.15, 0.2) is 0 Å². The minimum absolute atomic E-state index is 0.878. The third kappa shape index (κ3) is 5.27. The Hall–Kier alpha value is -0.0400. The highest BCUT2D eigenvalue weighted by molar-refractivity contribution is 4.88. The van der Waals surface area contributed by atoms with Crippen LogP contribution in [0.3, 0.4) is 0 Å². The molecule has 2 aliphatic rings. The third-order valence-corrected chi connectivity index (χ3v) is 6.03. The van der Waals surface area contributed by atoms with Crippen molar-refractivity contribution in [2.45, 2.75) is 128 Å². The number of hydrogen-bond acceptors (Lipinski definition) is 1. The van der Waals surface area contributed by atoms with E-state index in [1.807, 2.05) is 0 Å². The first-order chi connectivity index (χ1) is 10.4. The van der Waals surface area contributed by atoms with Crippen molar-refractivity contribution in [1.29, 1.82) is 0 Å². The Balaban J connectivity index is 2.00. The van der Waals surface area contributed by atoms with E-state index in [1.165, 1.54) is 96.3 Å². The maximum atomic E-state index is 3.06. The molecule has 0 saturated heterocycles. The number of unbranched alkanes of at least 4 members (excludes halogenated alkanes) is 2. The maximum Gasteiger partial charge on any atom is 0.0101 e. The van der Waals surface area contributed by atoms with Crippen LogP contribution in [0.4, 0.5) is 0 Å². The van der Waals surface area contributed by atoms with Crippen LogP contribution in [-0.2, 0) is 0 Å². The summed E-state index contributed by atoms with van der Waals surface area (Å²) in [4.78, 5) is 3.06. The van der Waals surface area contributed by atoms with Crippen molar-refractivity contribution < 1.29 is 0 Å². The van der Waals surface area contributed by atoms with Crippen LogP contribution in [0.5, 0.6) is 0 Å². The predicted molar refractivity (Wildman–Crippen MR) is 93.8 cm³/mol. The second-order valence-corrected chi connectivity index (χ2v) is 7.59. The Morgan fingerprint density at radius 3 is 1.71 bits per heavy atom. The molecule has 1 unspecified atom stereocenters. The van der Waals surface area contributed by atoms with Gasteiger partial charge in [-0.2, -0.15) is 0 Å². The molecule has 0 spiro atoms. The van der Waals surface area contributed by atoms with Gasteiger partial charge in [-0.3, -0.25) is 4.90 Å². The number of rotatable bonds is 8. The topological polar surface area (TPSA) is 3.24 Å². The van der Waals surface area contributed by atoms with Gasteiger partial charge in [-0.25, -0.2) is 0 Å². The Bertz CT molecular complexity index is 233. The van der Waals surface area contributed by atoms with Crippen LogP contribution >= 0.6 is 0 Å². The zero-order chi connectivity index (χ0) is 14.9. The van der Waals surface area contributed by atoms with Crippen molar-refractivity contribution in [3.8, 4) is 0 Å². The average Bonchev–Trinajstić information content (AvgIpc) is 2.56. The van der Waals surface area contributed by atoms with Gasteiger partial charge in [0.15, 0.2) is 0 Å². The summed E-state index contributed by atoms with van der Waals surface area (Å²) in [5.74, 6) is 0. The van der Waals surface area contributed by atoms with Gasteiger partial charge in [0, 0.05) is 18.1 Å². The number of nitrogens with zero attached hydrogens (tertiary/aromatic N) is 1. The van der Waals surface area contributed by atoms with Crippen molar-refractivity contribution in [3.05, 3.63) is 0 Å². The molecule has 0 aliphatic heterocycles. The van der Waals surface area contributed by atoms with E-state index in [2.05, 4.69) is 18.7 Å². The van der Waals surface area contributed by atoms with E-state index in [4.69, 9.17) is 0 Å². The van der Waals surface area contributed by atoms with E-state index in [1.54, 1.807) is 0 Å². The second kappa shape index (κ2) is 9.87. The van der Waals surface area contributed by atoms with Crippen LogP contribution in [0, 0.1) is 0 Å². The van der Waals surface area contributed by atoms with Crippen molar-refractivity contribution in [2.75, 3.05) is 0 Å². The second-order valence-electron chi connectivity index (χ2n) is 7.59. The highest BCUT2D eigenvalue weighted by Gasteiger charge is 2.32. The highest BCUT2D eigenvalue weighted by Crippen LogP contribution is 2.33. The lowest BCUT2D eigenvalue weighted by Gasteiger charge is -2.46. The molecule has 0 bridgehead atoms. The third-order valence-electron chi connectivity index (χ3n) is 6.03. The van der Waals surface area contributed by atoms with Crippen molar-refractivity contribution in [2.24, 2.45) is 0 Å². The molecule has 0 aromatic carbocycles. The summed E-state index contributed by atoms with van der Waals surface area (Å²) in [7, 11) is 0. The standard InChI is InChI=1S/C20H39N/c1-3-5-8-13-18(4-2)21(19-14-9-6-10-15-19)20-16-11-7-12-17-20/h18-20H,3-17H2,1-2H3. The Morgan fingerprint density at radius 1 is 0.762 bits per heavy atom. The van der Waals surface area contributed by atoms with Gasteiger partial charge in [0.25, 0.3) is 0 Å². The zero-order valence-electron chi connectivity index (χ0n) is 14.8. The molecule has 0 aromatic rings. The molecule has 2 fully saturated rings. The SMILES string of the molecule is CCCCCC(CC)N(C1CCCCC1)C1CCCCC1. The largest absolute Gasteiger partial charge is 0.295 e. The van der Waals surface area contributed by atoms with Crippen molar-refractivity contribution >= 4 is 0 Å². The molecular formula is C20H39N. The van der Waals surface area contributed by atoms with Gasteiger partial charge < -0.3 is 0 Å². The lowest BCUT2D eigenvalue weighted by atomic mass is 9.86. The van der Waals surface area contributed by atoms with Crippen molar-refractivity contribution in [3.63, 3.8) is 0 Å². The highest BCUT2D eigenvalue weighted by atomic mass is 15.2. The molecule has 1 nitrogen and oxygen atoms in total. The van der Waals surface area contributed by atoms with Crippen LogP contribution in [0.1, 0.15) is 110 Å². The fraction of sp³-hybridized carbons (Fsp3) is 1.00. The van der Waals surface area contributed by atoms with E-state index in [9.17, 15) is 0 Å². The first-order valence-electron chi connectivity index (χ1n) is 10.1. The normalized spacial score (nSPS) is 23.6. The summed E-state index contributed by atoms with van der Waals surface area (Å²) >= 11 is 0. The minimum atomic E-state index is 0.878. The average molecular weight is 294 g/mol. The van der Waals surface area contributed by atoms with Gasteiger partial charge in [0.1, 0.15) is 0 Å². The van der Waals surface area contributed by atoms with E-state index < -0.39 is 0 Å². The smallest absolute Gasteiger partial charge is 0.0101 e.